The summed E-state index contributed by atoms with van der Waals surface area (Å²) in [5.74, 6) is -2.83. The third-order valence-electron chi connectivity index (χ3n) is 1.68. The van der Waals surface area contributed by atoms with Crippen LogP contribution < -0.4 is 0 Å². The normalized spacial score (nSPS) is 11.3. The quantitative estimate of drug-likeness (QED) is 0.653. The number of phenols is 1. The highest BCUT2D eigenvalue weighted by Gasteiger charge is 2.18. The molecule has 0 aliphatic carbocycles. The lowest BCUT2D eigenvalue weighted by atomic mass is 10.1. The van der Waals surface area contributed by atoms with Crippen LogP contribution in [0.4, 0.5) is 0 Å². The van der Waals surface area contributed by atoms with Crippen LogP contribution in [0.1, 0.15) is 15.9 Å². The Hall–Kier alpha value is -1.60. The van der Waals surface area contributed by atoms with Crippen LogP contribution in [-0.4, -0.2) is 29.2 Å². The highest BCUT2D eigenvalue weighted by molar-refractivity contribution is 7.85. The van der Waals surface area contributed by atoms with Gasteiger partial charge in [0, 0.05) is 0 Å². The lowest BCUT2D eigenvalue weighted by Crippen LogP contribution is -2.08. The molecule has 3 N–H and O–H groups in total. The third-order valence-corrected chi connectivity index (χ3v) is 2.36. The molecule has 0 bridgehead atoms. The van der Waals surface area contributed by atoms with Crippen molar-refractivity contribution in [1.82, 2.24) is 0 Å². The van der Waals surface area contributed by atoms with Gasteiger partial charge in [-0.3, -0.25) is 4.55 Å². The number of hydrogen-bond donors (Lipinski definition) is 3. The molecule has 7 heteroatoms. The van der Waals surface area contributed by atoms with Gasteiger partial charge in [0.15, 0.2) is 0 Å². The Kier molecular flexibility index (Phi) is 2.96. The summed E-state index contributed by atoms with van der Waals surface area (Å²) < 4.78 is 29.7. The summed E-state index contributed by atoms with van der Waals surface area (Å²) in [6.07, 6.45) is 0. The van der Waals surface area contributed by atoms with E-state index >= 15 is 0 Å². The van der Waals surface area contributed by atoms with Crippen molar-refractivity contribution in [2.75, 3.05) is 0 Å². The average Bonchev–Trinajstić information content (AvgIpc) is 1.99. The smallest absolute Gasteiger partial charge is 0.339 e. The minimum absolute atomic E-state index is 0.162. The van der Waals surface area contributed by atoms with Gasteiger partial charge >= 0.3 is 5.97 Å². The highest BCUT2D eigenvalue weighted by atomic mass is 32.2. The van der Waals surface area contributed by atoms with Crippen LogP contribution in [0.15, 0.2) is 18.2 Å². The fourth-order valence-electron chi connectivity index (χ4n) is 1.15. The number of rotatable bonds is 3. The van der Waals surface area contributed by atoms with Crippen LogP contribution in [0.2, 0.25) is 0 Å². The van der Waals surface area contributed by atoms with Crippen molar-refractivity contribution < 1.29 is 28.0 Å². The van der Waals surface area contributed by atoms with Crippen molar-refractivity contribution >= 4 is 16.1 Å². The molecule has 0 fully saturated rings. The molecule has 1 aromatic rings. The zero-order valence-corrected chi connectivity index (χ0v) is 8.23. The van der Waals surface area contributed by atoms with E-state index in [1.54, 1.807) is 0 Å². The number of carbonyl (C=O) groups is 1. The maximum atomic E-state index is 10.7. The maximum Gasteiger partial charge on any atom is 0.339 e. The molecule has 0 unspecified atom stereocenters. The summed E-state index contributed by atoms with van der Waals surface area (Å²) in [4.78, 5) is 10.7. The Bertz CT molecular complexity index is 490. The van der Waals surface area contributed by atoms with Gasteiger partial charge in [0.2, 0.25) is 0 Å². The minimum Gasteiger partial charge on any atom is -0.507 e. The third kappa shape index (κ3) is 2.93. The maximum absolute atomic E-state index is 10.7. The molecule has 82 valence electrons. The molecular formula is C8H8O6S. The van der Waals surface area contributed by atoms with Crippen molar-refractivity contribution in [2.24, 2.45) is 0 Å². The van der Waals surface area contributed by atoms with E-state index in [0.29, 0.717) is 0 Å². The van der Waals surface area contributed by atoms with Crippen molar-refractivity contribution in [1.29, 1.82) is 0 Å². The van der Waals surface area contributed by atoms with Gasteiger partial charge in [-0.25, -0.2) is 4.79 Å². The van der Waals surface area contributed by atoms with Gasteiger partial charge in [0.05, 0.1) is 0 Å². The molecule has 15 heavy (non-hydrogen) atoms. The summed E-state index contributed by atoms with van der Waals surface area (Å²) >= 11 is 0. The fraction of sp³-hybridized carbons (Fsp3) is 0.125. The fourth-order valence-corrected chi connectivity index (χ4v) is 1.78. The molecule has 1 aromatic carbocycles. The molecule has 0 amide bonds. The summed E-state index contributed by atoms with van der Waals surface area (Å²) in [5, 5.41) is 17.9. The zero-order valence-electron chi connectivity index (χ0n) is 7.41. The molecule has 0 saturated heterocycles. The van der Waals surface area contributed by atoms with Crippen LogP contribution in [-0.2, 0) is 15.9 Å². The van der Waals surface area contributed by atoms with E-state index in [1.807, 2.05) is 0 Å². The van der Waals surface area contributed by atoms with E-state index in [4.69, 9.17) is 9.66 Å². The molecule has 0 aliphatic rings. The van der Waals surface area contributed by atoms with E-state index in [9.17, 15) is 18.3 Å². The Morgan fingerprint density at radius 1 is 1.33 bits per heavy atom. The molecule has 0 saturated carbocycles. The van der Waals surface area contributed by atoms with Crippen LogP contribution >= 0.6 is 0 Å². The molecule has 0 spiro atoms. The first kappa shape index (κ1) is 11.5. The second-order valence-electron chi connectivity index (χ2n) is 2.84. The van der Waals surface area contributed by atoms with Gasteiger partial charge in [-0.1, -0.05) is 12.1 Å². The van der Waals surface area contributed by atoms with E-state index in [1.165, 1.54) is 12.1 Å². The van der Waals surface area contributed by atoms with Gasteiger partial charge < -0.3 is 10.2 Å². The molecule has 0 aromatic heterocycles. The summed E-state index contributed by atoms with van der Waals surface area (Å²) in [6.45, 7) is 0. The first-order chi connectivity index (χ1) is 6.81. The summed E-state index contributed by atoms with van der Waals surface area (Å²) in [6, 6.07) is 3.62. The van der Waals surface area contributed by atoms with Gasteiger partial charge in [-0.2, -0.15) is 8.42 Å². The SMILES string of the molecule is O=C(O)c1c(O)cccc1CS(=O)(=O)O. The molecule has 6 nitrogen and oxygen atoms in total. The van der Waals surface area contributed by atoms with Crippen LogP contribution in [0.3, 0.4) is 0 Å². The Morgan fingerprint density at radius 2 is 1.93 bits per heavy atom. The summed E-state index contributed by atoms with van der Waals surface area (Å²) in [5.41, 5.74) is -0.680. The average molecular weight is 232 g/mol. The Labute approximate surface area is 85.5 Å². The molecule has 0 aliphatic heterocycles. The number of carboxylic acids is 1. The van der Waals surface area contributed by atoms with Crippen molar-refractivity contribution in [3.63, 3.8) is 0 Å². The van der Waals surface area contributed by atoms with E-state index in [2.05, 4.69) is 0 Å². The Morgan fingerprint density at radius 3 is 2.40 bits per heavy atom. The predicted molar refractivity (Wildman–Crippen MR) is 50.3 cm³/mol. The minimum atomic E-state index is -4.32. The number of benzene rings is 1. The second kappa shape index (κ2) is 3.87. The topological polar surface area (TPSA) is 112 Å². The first-order valence-corrected chi connectivity index (χ1v) is 5.41. The molecule has 0 radical (unpaired) electrons. The van der Waals surface area contributed by atoms with E-state index in [-0.39, 0.29) is 5.56 Å². The molecular weight excluding hydrogens is 224 g/mol. The second-order valence-corrected chi connectivity index (χ2v) is 4.30. The lowest BCUT2D eigenvalue weighted by Gasteiger charge is -2.05. The first-order valence-electron chi connectivity index (χ1n) is 3.80. The van der Waals surface area contributed by atoms with Crippen LogP contribution in [0, 0.1) is 0 Å². The predicted octanol–water partition coefficient (Wildman–Crippen LogP) is 0.478. The van der Waals surface area contributed by atoms with Crippen LogP contribution in [0.5, 0.6) is 5.75 Å². The number of carboxylic acid groups (broad SMARTS) is 1. The van der Waals surface area contributed by atoms with Crippen molar-refractivity contribution in [3.05, 3.63) is 29.3 Å². The van der Waals surface area contributed by atoms with Gasteiger partial charge in [0.25, 0.3) is 10.1 Å². The lowest BCUT2D eigenvalue weighted by molar-refractivity contribution is 0.0693. The monoisotopic (exact) mass is 232 g/mol. The van der Waals surface area contributed by atoms with E-state index in [0.717, 1.165) is 6.07 Å². The number of hydrogen-bond acceptors (Lipinski definition) is 4. The summed E-state index contributed by atoms with van der Waals surface area (Å²) in [7, 11) is -4.32. The van der Waals surface area contributed by atoms with Crippen molar-refractivity contribution in [3.8, 4) is 5.75 Å². The van der Waals surface area contributed by atoms with Gasteiger partial charge in [-0.15, -0.1) is 0 Å². The zero-order chi connectivity index (χ0) is 11.6. The molecule has 0 heterocycles. The number of aromatic carboxylic acids is 1. The molecule has 1 rings (SSSR count). The Balaban J connectivity index is 3.30. The highest BCUT2D eigenvalue weighted by Crippen LogP contribution is 2.22. The van der Waals surface area contributed by atoms with Gasteiger partial charge in [-0.05, 0) is 11.6 Å². The number of aromatic hydroxyl groups is 1. The van der Waals surface area contributed by atoms with E-state index < -0.39 is 33.2 Å². The molecule has 0 atom stereocenters. The standard InChI is InChI=1S/C8H8O6S/c9-6-3-1-2-5(4-15(12,13)14)7(6)8(10)11/h1-3,9H,4H2,(H,10,11)(H,12,13,14). The largest absolute Gasteiger partial charge is 0.507 e. The van der Waals surface area contributed by atoms with Crippen molar-refractivity contribution in [2.45, 2.75) is 5.75 Å². The van der Waals surface area contributed by atoms with Crippen LogP contribution in [0.25, 0.3) is 0 Å². The van der Waals surface area contributed by atoms with Gasteiger partial charge in [0.1, 0.15) is 17.1 Å².